The van der Waals surface area contributed by atoms with Crippen LogP contribution in [-0.4, -0.2) is 48.9 Å². The lowest BCUT2D eigenvalue weighted by Crippen LogP contribution is -2.52. The topological polar surface area (TPSA) is 47.6 Å². The molecule has 2 aliphatic rings. The number of nitrogens with zero attached hydrogens (tertiary/aromatic N) is 2. The van der Waals surface area contributed by atoms with E-state index in [0.29, 0.717) is 24.5 Å². The SMILES string of the molecule is C=C(NCCN(C)C1(Cc2cccc(Cl)c2)C(=O)Nc2cc(Br)ccc21)N1CCCCC1. The summed E-state index contributed by atoms with van der Waals surface area (Å²) in [5.74, 6) is 0.963. The van der Waals surface area contributed by atoms with Gasteiger partial charge in [0.2, 0.25) is 5.91 Å². The fraction of sp³-hybridized carbons (Fsp3) is 0.400. The number of likely N-dealkylation sites (N-methyl/N-ethyl adjacent to an activating group) is 1. The molecule has 2 aromatic carbocycles. The maximum Gasteiger partial charge on any atom is 0.249 e. The van der Waals surface area contributed by atoms with Crippen molar-refractivity contribution in [2.24, 2.45) is 0 Å². The zero-order valence-electron chi connectivity index (χ0n) is 18.5. The molecule has 1 atom stereocenters. The number of anilines is 1. The van der Waals surface area contributed by atoms with Crippen LogP contribution in [0.15, 0.2) is 59.3 Å². The van der Waals surface area contributed by atoms with Crippen LogP contribution in [0.1, 0.15) is 30.4 Å². The number of nitrogens with one attached hydrogen (secondary N) is 2. The number of fused-ring (bicyclic) bond motifs is 1. The second-order valence-corrected chi connectivity index (χ2v) is 10.0. The summed E-state index contributed by atoms with van der Waals surface area (Å²) in [4.78, 5) is 18.0. The second-order valence-electron chi connectivity index (χ2n) is 8.65. The van der Waals surface area contributed by atoms with Crippen molar-refractivity contribution in [3.63, 3.8) is 0 Å². The Morgan fingerprint density at radius 2 is 2.03 bits per heavy atom. The number of halogens is 2. The summed E-state index contributed by atoms with van der Waals surface area (Å²) in [6, 6.07) is 13.8. The van der Waals surface area contributed by atoms with E-state index in [-0.39, 0.29) is 5.91 Å². The maximum absolute atomic E-state index is 13.5. The molecule has 170 valence electrons. The fourth-order valence-corrected chi connectivity index (χ4v) is 5.37. The van der Waals surface area contributed by atoms with Crippen LogP contribution in [0.2, 0.25) is 5.02 Å². The first-order valence-electron chi connectivity index (χ1n) is 11.1. The highest BCUT2D eigenvalue weighted by molar-refractivity contribution is 9.10. The molecule has 0 spiro atoms. The summed E-state index contributed by atoms with van der Waals surface area (Å²) in [7, 11) is 2.02. The molecule has 7 heteroatoms. The normalized spacial score (nSPS) is 20.2. The Morgan fingerprint density at radius 1 is 1.25 bits per heavy atom. The van der Waals surface area contributed by atoms with Crippen molar-refractivity contribution in [2.75, 3.05) is 38.5 Å². The van der Waals surface area contributed by atoms with Gasteiger partial charge in [-0.05, 0) is 56.1 Å². The van der Waals surface area contributed by atoms with Crippen molar-refractivity contribution in [2.45, 2.75) is 31.2 Å². The highest BCUT2D eigenvalue weighted by Crippen LogP contribution is 2.43. The molecule has 0 aliphatic carbocycles. The first kappa shape index (κ1) is 23.1. The Bertz CT molecular complexity index is 1010. The van der Waals surface area contributed by atoms with Crippen LogP contribution in [0.5, 0.6) is 0 Å². The lowest BCUT2D eigenvalue weighted by atomic mass is 9.83. The lowest BCUT2D eigenvalue weighted by molar-refractivity contribution is -0.127. The molecule has 32 heavy (non-hydrogen) atoms. The molecule has 0 aromatic heterocycles. The van der Waals surface area contributed by atoms with Gasteiger partial charge in [0.05, 0.1) is 5.82 Å². The van der Waals surface area contributed by atoms with Crippen molar-refractivity contribution >= 4 is 39.1 Å². The third-order valence-electron chi connectivity index (χ3n) is 6.57. The number of rotatable bonds is 8. The zero-order chi connectivity index (χ0) is 22.7. The zero-order valence-corrected chi connectivity index (χ0v) is 20.8. The number of piperidine rings is 1. The number of likely N-dealkylation sites (tertiary alicyclic amines) is 1. The van der Waals surface area contributed by atoms with Gasteiger partial charge in [-0.1, -0.05) is 52.3 Å². The van der Waals surface area contributed by atoms with E-state index in [2.05, 4.69) is 42.9 Å². The fourth-order valence-electron chi connectivity index (χ4n) is 4.79. The minimum atomic E-state index is -0.811. The minimum absolute atomic E-state index is 0.0112. The number of carbonyl (C=O) groups excluding carboxylic acids is 1. The molecule has 2 aliphatic heterocycles. The summed E-state index contributed by atoms with van der Waals surface area (Å²) < 4.78 is 0.942. The van der Waals surface area contributed by atoms with Crippen molar-refractivity contribution in [1.82, 2.24) is 15.1 Å². The van der Waals surface area contributed by atoms with Gasteiger partial charge in [-0.3, -0.25) is 9.69 Å². The molecular weight excluding hydrogens is 488 g/mol. The number of amides is 1. The van der Waals surface area contributed by atoms with E-state index in [9.17, 15) is 4.79 Å². The van der Waals surface area contributed by atoms with Gasteiger partial charge < -0.3 is 15.5 Å². The van der Waals surface area contributed by atoms with E-state index in [4.69, 9.17) is 11.6 Å². The molecule has 0 bridgehead atoms. The van der Waals surface area contributed by atoms with E-state index in [0.717, 1.165) is 40.2 Å². The van der Waals surface area contributed by atoms with E-state index in [1.807, 2.05) is 49.5 Å². The number of carbonyl (C=O) groups is 1. The smallest absolute Gasteiger partial charge is 0.249 e. The van der Waals surface area contributed by atoms with Crippen LogP contribution in [-0.2, 0) is 16.8 Å². The Balaban J connectivity index is 1.56. The number of benzene rings is 2. The third kappa shape index (κ3) is 4.68. The monoisotopic (exact) mass is 516 g/mol. The average molecular weight is 518 g/mol. The number of hydrogen-bond donors (Lipinski definition) is 2. The lowest BCUT2D eigenvalue weighted by Gasteiger charge is -2.38. The van der Waals surface area contributed by atoms with Crippen molar-refractivity contribution in [3.05, 3.63) is 75.5 Å². The van der Waals surface area contributed by atoms with Crippen molar-refractivity contribution < 1.29 is 4.79 Å². The van der Waals surface area contributed by atoms with Crippen molar-refractivity contribution in [3.8, 4) is 0 Å². The van der Waals surface area contributed by atoms with Gasteiger partial charge in [-0.15, -0.1) is 0 Å². The highest BCUT2D eigenvalue weighted by Gasteiger charge is 2.49. The van der Waals surface area contributed by atoms with E-state index < -0.39 is 5.54 Å². The Hall–Kier alpha value is -2.02. The van der Waals surface area contributed by atoms with Gasteiger partial charge in [0.25, 0.3) is 0 Å². The molecule has 1 fully saturated rings. The van der Waals surface area contributed by atoms with Crippen LogP contribution in [0.3, 0.4) is 0 Å². The van der Waals surface area contributed by atoms with Crippen LogP contribution < -0.4 is 10.6 Å². The molecule has 1 saturated heterocycles. The van der Waals surface area contributed by atoms with Gasteiger partial charge in [-0.25, -0.2) is 0 Å². The Morgan fingerprint density at radius 3 is 2.78 bits per heavy atom. The van der Waals surface area contributed by atoms with E-state index in [1.54, 1.807) is 0 Å². The molecule has 5 nitrogen and oxygen atoms in total. The average Bonchev–Trinajstić information content (AvgIpc) is 3.05. The van der Waals surface area contributed by atoms with Gasteiger partial charge in [0.15, 0.2) is 0 Å². The van der Waals surface area contributed by atoms with Crippen molar-refractivity contribution in [1.29, 1.82) is 0 Å². The van der Waals surface area contributed by atoms with E-state index in [1.165, 1.54) is 19.3 Å². The van der Waals surface area contributed by atoms with Crippen LogP contribution >= 0.6 is 27.5 Å². The molecule has 2 N–H and O–H groups in total. The predicted octanol–water partition coefficient (Wildman–Crippen LogP) is 4.97. The van der Waals surface area contributed by atoms with Gasteiger partial charge in [-0.2, -0.15) is 0 Å². The molecule has 1 unspecified atom stereocenters. The van der Waals surface area contributed by atoms with E-state index >= 15 is 0 Å². The van der Waals surface area contributed by atoms with Crippen LogP contribution in [0, 0.1) is 0 Å². The summed E-state index contributed by atoms with van der Waals surface area (Å²) in [6.07, 6.45) is 4.27. The molecule has 2 heterocycles. The second kappa shape index (κ2) is 9.86. The summed E-state index contributed by atoms with van der Waals surface area (Å²) in [5.41, 5.74) is 2.06. The maximum atomic E-state index is 13.5. The Kier molecular flexibility index (Phi) is 7.13. The van der Waals surface area contributed by atoms with Gasteiger partial charge in [0.1, 0.15) is 5.54 Å². The molecule has 1 amide bonds. The summed E-state index contributed by atoms with van der Waals surface area (Å²) >= 11 is 9.78. The Labute approximate surface area is 203 Å². The summed E-state index contributed by atoms with van der Waals surface area (Å²) in [6.45, 7) is 7.75. The van der Waals surface area contributed by atoms with Crippen LogP contribution in [0.25, 0.3) is 0 Å². The molecule has 0 saturated carbocycles. The first-order chi connectivity index (χ1) is 15.4. The molecule has 0 radical (unpaired) electrons. The highest BCUT2D eigenvalue weighted by atomic mass is 79.9. The molecule has 2 aromatic rings. The standard InChI is InChI=1S/C25H30BrClN4O/c1-18(31-12-4-3-5-13-31)28-11-14-30(2)25(17-19-7-6-8-21(27)15-19)22-10-9-20(26)16-23(22)29-24(25)32/h6-10,15-16,28H,1,3-5,11-14,17H2,2H3,(H,29,32). The quantitative estimate of drug-likeness (QED) is 0.519. The largest absolute Gasteiger partial charge is 0.371 e. The molecule has 4 rings (SSSR count). The summed E-state index contributed by atoms with van der Waals surface area (Å²) in [5, 5.41) is 7.26. The minimum Gasteiger partial charge on any atom is -0.371 e. The van der Waals surface area contributed by atoms with Gasteiger partial charge in [0, 0.05) is 53.3 Å². The number of hydrogen-bond acceptors (Lipinski definition) is 4. The first-order valence-corrected chi connectivity index (χ1v) is 12.3. The molecular formula is C25H30BrClN4O. The third-order valence-corrected chi connectivity index (χ3v) is 7.29. The van der Waals surface area contributed by atoms with Crippen LogP contribution in [0.4, 0.5) is 5.69 Å². The van der Waals surface area contributed by atoms with Gasteiger partial charge >= 0.3 is 0 Å². The predicted molar refractivity (Wildman–Crippen MR) is 135 cm³/mol.